The fraction of sp³-hybridized carbons (Fsp3) is 0.192. The summed E-state index contributed by atoms with van der Waals surface area (Å²) in [4.78, 5) is 16.2. The number of ether oxygens (including phenoxy) is 1. The van der Waals surface area contributed by atoms with Crippen molar-refractivity contribution in [2.45, 2.75) is 25.8 Å². The average molecular weight is 433 g/mol. The highest BCUT2D eigenvalue weighted by atomic mass is 35.5. The molecule has 0 radical (unpaired) electrons. The van der Waals surface area contributed by atoms with E-state index in [0.29, 0.717) is 24.6 Å². The second kappa shape index (κ2) is 9.71. The van der Waals surface area contributed by atoms with Crippen molar-refractivity contribution in [2.24, 2.45) is 0 Å². The number of H-pyrrole nitrogens is 1. The van der Waals surface area contributed by atoms with Crippen molar-refractivity contribution >= 4 is 28.4 Å². The molecule has 0 saturated heterocycles. The molecule has 4 nitrogen and oxygen atoms in total. The van der Waals surface area contributed by atoms with Gasteiger partial charge in [0, 0.05) is 41.0 Å². The lowest BCUT2D eigenvalue weighted by molar-refractivity contribution is -0.121. The Morgan fingerprint density at radius 3 is 2.58 bits per heavy atom. The van der Waals surface area contributed by atoms with Crippen LogP contribution in [-0.2, 0) is 11.3 Å². The zero-order valence-electron chi connectivity index (χ0n) is 17.4. The van der Waals surface area contributed by atoms with Crippen LogP contribution >= 0.6 is 11.6 Å². The van der Waals surface area contributed by atoms with E-state index in [4.69, 9.17) is 16.3 Å². The molecule has 0 aliphatic heterocycles. The molecule has 0 aliphatic rings. The molecule has 4 rings (SSSR count). The van der Waals surface area contributed by atoms with E-state index in [0.717, 1.165) is 33.3 Å². The fourth-order valence-electron chi connectivity index (χ4n) is 3.83. The molecule has 4 aromatic rings. The van der Waals surface area contributed by atoms with E-state index < -0.39 is 0 Å². The van der Waals surface area contributed by atoms with Gasteiger partial charge in [-0.15, -0.1) is 0 Å². The first kappa shape index (κ1) is 21.0. The number of carbonyl (C=O) groups is 1. The maximum absolute atomic E-state index is 12.9. The molecule has 5 heteroatoms. The Kier molecular flexibility index (Phi) is 6.58. The highest BCUT2D eigenvalue weighted by Gasteiger charge is 2.22. The van der Waals surface area contributed by atoms with Crippen molar-refractivity contribution in [3.63, 3.8) is 0 Å². The lowest BCUT2D eigenvalue weighted by atomic mass is 9.88. The first-order valence-corrected chi connectivity index (χ1v) is 10.8. The van der Waals surface area contributed by atoms with E-state index in [-0.39, 0.29) is 11.8 Å². The minimum atomic E-state index is -0.112. The molecule has 1 unspecified atom stereocenters. The number of hydrogen-bond acceptors (Lipinski definition) is 2. The summed E-state index contributed by atoms with van der Waals surface area (Å²) in [6.07, 6.45) is 2.31. The number of nitrogens with one attached hydrogen (secondary N) is 2. The van der Waals surface area contributed by atoms with Gasteiger partial charge >= 0.3 is 0 Å². The molecule has 0 saturated carbocycles. The number of carbonyl (C=O) groups excluding carboxylic acids is 1. The number of hydrogen-bond donors (Lipinski definition) is 2. The molecule has 1 heterocycles. The van der Waals surface area contributed by atoms with E-state index in [2.05, 4.69) is 10.3 Å². The standard InChI is InChI=1S/C26H25ClN2O2/c1-2-31-21-11-8-19(9-12-21)22(15-26(30)29-16-18-6-4-3-5-7-18)24-17-28-25-13-10-20(27)14-23(24)25/h3-14,17,22,28H,2,15-16H2,1H3,(H,29,30). The normalized spacial score (nSPS) is 11.9. The van der Waals surface area contributed by atoms with Crippen molar-refractivity contribution in [2.75, 3.05) is 6.61 Å². The Labute approximate surface area is 187 Å². The van der Waals surface area contributed by atoms with E-state index >= 15 is 0 Å². The van der Waals surface area contributed by atoms with Gasteiger partial charge in [0.15, 0.2) is 0 Å². The zero-order valence-corrected chi connectivity index (χ0v) is 18.2. The Balaban J connectivity index is 1.62. The van der Waals surface area contributed by atoms with Gasteiger partial charge < -0.3 is 15.0 Å². The molecular weight excluding hydrogens is 408 g/mol. The summed E-state index contributed by atoms with van der Waals surface area (Å²) in [5.41, 5.74) is 4.18. The number of aromatic amines is 1. The molecule has 1 amide bonds. The highest BCUT2D eigenvalue weighted by molar-refractivity contribution is 6.31. The molecule has 31 heavy (non-hydrogen) atoms. The average Bonchev–Trinajstić information content (AvgIpc) is 3.20. The second-order valence-electron chi connectivity index (χ2n) is 7.46. The molecule has 1 atom stereocenters. The van der Waals surface area contributed by atoms with Crippen LogP contribution in [0.25, 0.3) is 10.9 Å². The van der Waals surface area contributed by atoms with Gasteiger partial charge in [-0.2, -0.15) is 0 Å². The van der Waals surface area contributed by atoms with E-state index in [1.807, 2.05) is 85.9 Å². The van der Waals surface area contributed by atoms with E-state index in [9.17, 15) is 4.79 Å². The second-order valence-corrected chi connectivity index (χ2v) is 7.89. The summed E-state index contributed by atoms with van der Waals surface area (Å²) in [7, 11) is 0. The summed E-state index contributed by atoms with van der Waals surface area (Å²) in [6, 6.07) is 23.7. The fourth-order valence-corrected chi connectivity index (χ4v) is 4.00. The summed E-state index contributed by atoms with van der Waals surface area (Å²) in [5.74, 6) is 0.707. The summed E-state index contributed by atoms with van der Waals surface area (Å²) >= 11 is 6.27. The Morgan fingerprint density at radius 1 is 1.06 bits per heavy atom. The minimum Gasteiger partial charge on any atom is -0.494 e. The van der Waals surface area contributed by atoms with Crippen LogP contribution in [0.4, 0.5) is 0 Å². The molecule has 158 valence electrons. The van der Waals surface area contributed by atoms with Crippen LogP contribution in [0.15, 0.2) is 79.0 Å². The lowest BCUT2D eigenvalue weighted by Crippen LogP contribution is -2.25. The maximum Gasteiger partial charge on any atom is 0.221 e. The van der Waals surface area contributed by atoms with E-state index in [1.54, 1.807) is 0 Å². The molecule has 0 bridgehead atoms. The summed E-state index contributed by atoms with van der Waals surface area (Å²) in [5, 5.41) is 4.76. The van der Waals surface area contributed by atoms with Crippen molar-refractivity contribution in [1.29, 1.82) is 0 Å². The molecule has 2 N–H and O–H groups in total. The number of benzene rings is 3. The topological polar surface area (TPSA) is 54.1 Å². The molecule has 0 fully saturated rings. The van der Waals surface area contributed by atoms with Gasteiger partial charge in [0.05, 0.1) is 6.61 Å². The minimum absolute atomic E-state index is 0.000819. The first-order valence-electron chi connectivity index (χ1n) is 10.4. The highest BCUT2D eigenvalue weighted by Crippen LogP contribution is 2.35. The van der Waals surface area contributed by atoms with Gasteiger partial charge in [-0.25, -0.2) is 0 Å². The number of rotatable bonds is 8. The molecule has 0 spiro atoms. The van der Waals surface area contributed by atoms with E-state index in [1.165, 1.54) is 0 Å². The number of fused-ring (bicyclic) bond motifs is 1. The first-order chi connectivity index (χ1) is 15.1. The smallest absolute Gasteiger partial charge is 0.221 e. The summed E-state index contributed by atoms with van der Waals surface area (Å²) in [6.45, 7) is 3.09. The summed E-state index contributed by atoms with van der Waals surface area (Å²) < 4.78 is 5.58. The molecule has 1 aromatic heterocycles. The molecule has 3 aromatic carbocycles. The van der Waals surface area contributed by atoms with Crippen molar-refractivity contribution in [1.82, 2.24) is 10.3 Å². The Morgan fingerprint density at radius 2 is 1.84 bits per heavy atom. The van der Waals surface area contributed by atoms with Gasteiger partial charge in [0.2, 0.25) is 5.91 Å². The Bertz CT molecular complexity index is 1150. The monoisotopic (exact) mass is 432 g/mol. The third-order valence-electron chi connectivity index (χ3n) is 5.37. The van der Waals surface area contributed by atoms with Gasteiger partial charge in [-0.3, -0.25) is 4.79 Å². The third kappa shape index (κ3) is 5.09. The van der Waals surface area contributed by atoms with Crippen LogP contribution in [0.5, 0.6) is 5.75 Å². The predicted octanol–water partition coefficient (Wildman–Crippen LogP) is 6.06. The van der Waals surface area contributed by atoms with Gasteiger partial charge in [0.1, 0.15) is 5.75 Å². The van der Waals surface area contributed by atoms with Crippen molar-refractivity contribution in [3.05, 3.63) is 101 Å². The van der Waals surface area contributed by atoms with Crippen LogP contribution < -0.4 is 10.1 Å². The van der Waals surface area contributed by atoms with Crippen molar-refractivity contribution < 1.29 is 9.53 Å². The van der Waals surface area contributed by atoms with Gasteiger partial charge in [-0.05, 0) is 53.9 Å². The molecular formula is C26H25ClN2O2. The van der Waals surface area contributed by atoms with Crippen LogP contribution in [0.2, 0.25) is 5.02 Å². The van der Waals surface area contributed by atoms with Crippen molar-refractivity contribution in [3.8, 4) is 5.75 Å². The van der Waals surface area contributed by atoms with Gasteiger partial charge in [-0.1, -0.05) is 54.1 Å². The maximum atomic E-state index is 12.9. The SMILES string of the molecule is CCOc1ccc(C(CC(=O)NCc2ccccc2)c2c[nH]c3ccc(Cl)cc23)cc1. The number of halogens is 1. The van der Waals surface area contributed by atoms with Crippen LogP contribution in [0.1, 0.15) is 36.0 Å². The predicted molar refractivity (Wildman–Crippen MR) is 126 cm³/mol. The van der Waals surface area contributed by atoms with Crippen LogP contribution in [0, 0.1) is 0 Å². The number of amides is 1. The molecule has 0 aliphatic carbocycles. The quantitative estimate of drug-likeness (QED) is 0.355. The largest absolute Gasteiger partial charge is 0.494 e. The van der Waals surface area contributed by atoms with Crippen LogP contribution in [-0.4, -0.2) is 17.5 Å². The zero-order chi connectivity index (χ0) is 21.6. The lowest BCUT2D eigenvalue weighted by Gasteiger charge is -2.18. The van der Waals surface area contributed by atoms with Crippen LogP contribution in [0.3, 0.4) is 0 Å². The Hall–Kier alpha value is -3.24. The van der Waals surface area contributed by atoms with Gasteiger partial charge in [0.25, 0.3) is 0 Å². The third-order valence-corrected chi connectivity index (χ3v) is 5.60. The number of aromatic nitrogens is 1.